The first-order chi connectivity index (χ1) is 12.6. The van der Waals surface area contributed by atoms with E-state index >= 15 is 0 Å². The van der Waals surface area contributed by atoms with Gasteiger partial charge in [-0.2, -0.15) is 0 Å². The first kappa shape index (κ1) is 17.9. The molecule has 1 N–H and O–H groups in total. The Labute approximate surface area is 152 Å². The maximum atomic E-state index is 12.4. The van der Waals surface area contributed by atoms with Crippen molar-refractivity contribution in [2.45, 2.75) is 31.8 Å². The minimum atomic E-state index is -1.04. The summed E-state index contributed by atoms with van der Waals surface area (Å²) < 4.78 is 10.5. The van der Waals surface area contributed by atoms with Gasteiger partial charge in [-0.05, 0) is 17.5 Å². The highest BCUT2D eigenvalue weighted by Crippen LogP contribution is 2.21. The van der Waals surface area contributed by atoms with Crippen LogP contribution in [0.5, 0.6) is 0 Å². The highest BCUT2D eigenvalue weighted by atomic mass is 16.6. The van der Waals surface area contributed by atoms with Crippen LogP contribution in [-0.4, -0.2) is 40.8 Å². The monoisotopic (exact) mass is 355 g/mol. The van der Waals surface area contributed by atoms with Crippen LogP contribution in [0.3, 0.4) is 0 Å². The van der Waals surface area contributed by atoms with E-state index in [4.69, 9.17) is 9.47 Å². The first-order valence-electron chi connectivity index (χ1n) is 8.51. The Kier molecular flexibility index (Phi) is 5.86. The van der Waals surface area contributed by atoms with Crippen LogP contribution in [-0.2, 0) is 27.5 Å². The number of carbonyl (C=O) groups excluding carboxylic acids is 2. The van der Waals surface area contributed by atoms with E-state index in [0.717, 1.165) is 11.1 Å². The third-order valence-electron chi connectivity index (χ3n) is 4.27. The highest BCUT2D eigenvalue weighted by Gasteiger charge is 2.43. The summed E-state index contributed by atoms with van der Waals surface area (Å²) >= 11 is 0. The van der Waals surface area contributed by atoms with Gasteiger partial charge in [0.15, 0.2) is 6.04 Å². The van der Waals surface area contributed by atoms with E-state index in [1.54, 1.807) is 0 Å². The topological polar surface area (TPSA) is 76.1 Å². The van der Waals surface area contributed by atoms with E-state index in [1.165, 1.54) is 4.90 Å². The van der Waals surface area contributed by atoms with E-state index in [0.29, 0.717) is 6.42 Å². The minimum absolute atomic E-state index is 0.0931. The second-order valence-electron chi connectivity index (χ2n) is 6.13. The molecule has 6 nitrogen and oxygen atoms in total. The molecule has 1 aliphatic rings. The molecule has 0 aromatic heterocycles. The quantitative estimate of drug-likeness (QED) is 0.834. The smallest absolute Gasteiger partial charge is 0.410 e. The highest BCUT2D eigenvalue weighted by molar-refractivity contribution is 5.82. The Hall–Kier alpha value is -2.86. The van der Waals surface area contributed by atoms with Crippen molar-refractivity contribution in [3.05, 3.63) is 71.8 Å². The Balaban J connectivity index is 1.57. The molecule has 2 aromatic rings. The normalized spacial score (nSPS) is 19.2. The number of rotatable bonds is 5. The fourth-order valence-electron chi connectivity index (χ4n) is 2.88. The zero-order valence-corrected chi connectivity index (χ0v) is 14.3. The van der Waals surface area contributed by atoms with Crippen molar-refractivity contribution in [3.63, 3.8) is 0 Å². The molecule has 0 radical (unpaired) electrons. The number of likely N-dealkylation sites (tertiary alicyclic amines) is 1. The molecule has 1 aliphatic heterocycles. The van der Waals surface area contributed by atoms with Gasteiger partial charge in [-0.3, -0.25) is 4.90 Å². The second kappa shape index (κ2) is 8.49. The predicted molar refractivity (Wildman–Crippen MR) is 94.0 cm³/mol. The third kappa shape index (κ3) is 4.40. The SMILES string of the molecule is O=C(OCc1ccccc1)[C@@H]1C(O)CCN1C(=O)OCc1ccccc1. The zero-order valence-electron chi connectivity index (χ0n) is 14.3. The number of nitrogens with zero attached hydrogens (tertiary/aromatic N) is 1. The van der Waals surface area contributed by atoms with E-state index in [-0.39, 0.29) is 19.8 Å². The van der Waals surface area contributed by atoms with Gasteiger partial charge in [0.1, 0.15) is 13.2 Å². The zero-order chi connectivity index (χ0) is 18.4. The lowest BCUT2D eigenvalue weighted by atomic mass is 10.2. The molecule has 1 heterocycles. The summed E-state index contributed by atoms with van der Waals surface area (Å²) in [6.45, 7) is 0.452. The molecule has 6 heteroatoms. The molecule has 0 spiro atoms. The van der Waals surface area contributed by atoms with Gasteiger partial charge in [-0.15, -0.1) is 0 Å². The van der Waals surface area contributed by atoms with Crippen molar-refractivity contribution in [3.8, 4) is 0 Å². The summed E-state index contributed by atoms with van der Waals surface area (Å²) in [7, 11) is 0. The Morgan fingerprint density at radius 3 is 2.04 bits per heavy atom. The molecule has 0 bridgehead atoms. The lowest BCUT2D eigenvalue weighted by molar-refractivity contribution is -0.152. The number of hydrogen-bond acceptors (Lipinski definition) is 5. The van der Waals surface area contributed by atoms with Crippen molar-refractivity contribution in [2.75, 3.05) is 6.54 Å². The molecule has 2 atom stereocenters. The van der Waals surface area contributed by atoms with Crippen LogP contribution in [0.1, 0.15) is 17.5 Å². The number of amides is 1. The standard InChI is InChI=1S/C20H21NO5/c22-17-11-12-21(20(24)26-14-16-9-5-2-6-10-16)18(17)19(23)25-13-15-7-3-1-4-8-15/h1-10,17-18,22H,11-14H2/t17?,18-/m0/s1. The third-order valence-corrected chi connectivity index (χ3v) is 4.27. The fourth-order valence-corrected chi connectivity index (χ4v) is 2.88. The van der Waals surface area contributed by atoms with Gasteiger partial charge in [-0.25, -0.2) is 9.59 Å². The number of benzene rings is 2. The van der Waals surface area contributed by atoms with Gasteiger partial charge in [0.25, 0.3) is 0 Å². The van der Waals surface area contributed by atoms with Crippen LogP contribution in [0.2, 0.25) is 0 Å². The van der Waals surface area contributed by atoms with Gasteiger partial charge in [-0.1, -0.05) is 60.7 Å². The Morgan fingerprint density at radius 2 is 1.46 bits per heavy atom. The number of carbonyl (C=O) groups is 2. The van der Waals surface area contributed by atoms with Crippen molar-refractivity contribution in [1.82, 2.24) is 4.90 Å². The molecule has 0 saturated carbocycles. The van der Waals surface area contributed by atoms with E-state index in [1.807, 2.05) is 60.7 Å². The number of aliphatic hydroxyl groups excluding tert-OH is 1. The minimum Gasteiger partial charge on any atom is -0.459 e. The molecular weight excluding hydrogens is 334 g/mol. The number of ether oxygens (including phenoxy) is 2. The van der Waals surface area contributed by atoms with Gasteiger partial charge in [0.2, 0.25) is 0 Å². The number of esters is 1. The summed E-state index contributed by atoms with van der Waals surface area (Å²) in [5, 5.41) is 10.1. The molecule has 3 rings (SSSR count). The van der Waals surface area contributed by atoms with Gasteiger partial charge in [0, 0.05) is 6.54 Å². The number of hydrogen-bond donors (Lipinski definition) is 1. The largest absolute Gasteiger partial charge is 0.459 e. The van der Waals surface area contributed by atoms with Crippen LogP contribution in [0, 0.1) is 0 Å². The summed E-state index contributed by atoms with van der Waals surface area (Å²) in [5.74, 6) is -0.629. The van der Waals surface area contributed by atoms with Crippen molar-refractivity contribution in [2.24, 2.45) is 0 Å². The second-order valence-corrected chi connectivity index (χ2v) is 6.13. The van der Waals surface area contributed by atoms with Crippen LogP contribution in [0.4, 0.5) is 4.79 Å². The van der Waals surface area contributed by atoms with Gasteiger partial charge in [0.05, 0.1) is 6.10 Å². The maximum absolute atomic E-state index is 12.4. The molecule has 1 saturated heterocycles. The van der Waals surface area contributed by atoms with Gasteiger partial charge < -0.3 is 14.6 Å². The first-order valence-corrected chi connectivity index (χ1v) is 8.51. The van der Waals surface area contributed by atoms with Crippen LogP contribution in [0.25, 0.3) is 0 Å². The van der Waals surface area contributed by atoms with Crippen LogP contribution in [0.15, 0.2) is 60.7 Å². The summed E-state index contributed by atoms with van der Waals surface area (Å²) in [5.41, 5.74) is 1.69. The van der Waals surface area contributed by atoms with Crippen molar-refractivity contribution in [1.29, 1.82) is 0 Å². The molecule has 1 amide bonds. The van der Waals surface area contributed by atoms with Crippen LogP contribution < -0.4 is 0 Å². The van der Waals surface area contributed by atoms with Crippen LogP contribution >= 0.6 is 0 Å². The molecular formula is C20H21NO5. The molecule has 1 fully saturated rings. The summed E-state index contributed by atoms with van der Waals surface area (Å²) in [6.07, 6.45) is -1.28. The molecule has 2 aromatic carbocycles. The lowest BCUT2D eigenvalue weighted by Crippen LogP contribution is -2.46. The Morgan fingerprint density at radius 1 is 0.923 bits per heavy atom. The Bertz CT molecular complexity index is 734. The number of aliphatic hydroxyl groups is 1. The van der Waals surface area contributed by atoms with Crippen molar-refractivity contribution >= 4 is 12.1 Å². The van der Waals surface area contributed by atoms with Gasteiger partial charge >= 0.3 is 12.1 Å². The average molecular weight is 355 g/mol. The lowest BCUT2D eigenvalue weighted by Gasteiger charge is -2.24. The molecule has 136 valence electrons. The molecule has 1 unspecified atom stereocenters. The summed E-state index contributed by atoms with van der Waals surface area (Å²) in [6, 6.07) is 17.5. The summed E-state index contributed by atoms with van der Waals surface area (Å²) in [4.78, 5) is 26.0. The maximum Gasteiger partial charge on any atom is 0.410 e. The fraction of sp³-hybridized carbons (Fsp3) is 0.300. The predicted octanol–water partition coefficient (Wildman–Crippen LogP) is 2.50. The molecule has 0 aliphatic carbocycles. The van der Waals surface area contributed by atoms with Crippen molar-refractivity contribution < 1.29 is 24.2 Å². The van der Waals surface area contributed by atoms with E-state index in [2.05, 4.69) is 0 Å². The van der Waals surface area contributed by atoms with E-state index in [9.17, 15) is 14.7 Å². The molecule has 26 heavy (non-hydrogen) atoms. The van der Waals surface area contributed by atoms with E-state index < -0.39 is 24.2 Å². The average Bonchev–Trinajstić information content (AvgIpc) is 3.07.